The lowest BCUT2D eigenvalue weighted by atomic mass is 10.1. The summed E-state index contributed by atoms with van der Waals surface area (Å²) in [7, 11) is 1.78. The second-order valence-corrected chi connectivity index (χ2v) is 8.63. The van der Waals surface area contributed by atoms with Crippen LogP contribution in [0.3, 0.4) is 0 Å². The summed E-state index contributed by atoms with van der Waals surface area (Å²) >= 11 is 0. The highest BCUT2D eigenvalue weighted by molar-refractivity contribution is 4.80. The van der Waals surface area contributed by atoms with Gasteiger partial charge in [0.1, 0.15) is 0 Å². The third-order valence-corrected chi connectivity index (χ3v) is 5.50. The molecule has 1 nitrogen and oxygen atoms in total. The first-order chi connectivity index (χ1) is 14.8. The van der Waals surface area contributed by atoms with Gasteiger partial charge in [-0.1, -0.05) is 129 Å². The molecule has 0 N–H and O–H groups in total. The molecule has 0 aromatic heterocycles. The largest absolute Gasteiger partial charge is 0.385 e. The molecule has 0 atom stereocenters. The van der Waals surface area contributed by atoms with Gasteiger partial charge in [-0.15, -0.1) is 0 Å². The highest BCUT2D eigenvalue weighted by atomic mass is 16.5. The number of rotatable bonds is 22. The Balaban J connectivity index is 0. The van der Waals surface area contributed by atoms with Gasteiger partial charge in [-0.25, -0.2) is 0 Å². The first kappa shape index (κ1) is 31.6. The lowest BCUT2D eigenvalue weighted by molar-refractivity contribution is 0.192. The maximum absolute atomic E-state index is 5.02. The van der Waals surface area contributed by atoms with Gasteiger partial charge in [-0.2, -0.15) is 0 Å². The number of ether oxygens (including phenoxy) is 1. The lowest BCUT2D eigenvalue weighted by Gasteiger charge is -2.00. The van der Waals surface area contributed by atoms with Gasteiger partial charge >= 0.3 is 0 Å². The second kappa shape index (κ2) is 33.1. The van der Waals surface area contributed by atoms with Crippen molar-refractivity contribution in [3.05, 3.63) is 24.3 Å². The zero-order chi connectivity index (χ0) is 22.4. The van der Waals surface area contributed by atoms with E-state index in [1.807, 2.05) is 0 Å². The molecule has 0 rings (SSSR count). The van der Waals surface area contributed by atoms with E-state index in [2.05, 4.69) is 45.1 Å². The van der Waals surface area contributed by atoms with Crippen LogP contribution in [0.4, 0.5) is 0 Å². The van der Waals surface area contributed by atoms with Crippen LogP contribution in [0.5, 0.6) is 0 Å². The number of allylic oxidation sites excluding steroid dienone is 4. The first-order valence-corrected chi connectivity index (χ1v) is 13.6. The number of unbranched alkanes of at least 4 members (excludes halogenated alkanes) is 16. The Labute approximate surface area is 192 Å². The zero-order valence-electron chi connectivity index (χ0n) is 21.6. The third-order valence-electron chi connectivity index (χ3n) is 5.50. The average molecular weight is 423 g/mol. The van der Waals surface area contributed by atoms with Crippen molar-refractivity contribution in [2.45, 2.75) is 149 Å². The highest BCUT2D eigenvalue weighted by Gasteiger charge is 1.92. The van der Waals surface area contributed by atoms with Gasteiger partial charge in [0.05, 0.1) is 0 Å². The minimum Gasteiger partial charge on any atom is -0.385 e. The molecule has 0 unspecified atom stereocenters. The van der Waals surface area contributed by atoms with Gasteiger partial charge in [0, 0.05) is 13.7 Å². The van der Waals surface area contributed by atoms with Gasteiger partial charge < -0.3 is 4.74 Å². The molecule has 0 spiro atoms. The predicted molar refractivity (Wildman–Crippen MR) is 140 cm³/mol. The summed E-state index contributed by atoms with van der Waals surface area (Å²) in [5, 5.41) is 0. The van der Waals surface area contributed by atoms with Gasteiger partial charge in [0.25, 0.3) is 0 Å². The molecule has 1 heteroatoms. The van der Waals surface area contributed by atoms with Crippen molar-refractivity contribution in [1.82, 2.24) is 0 Å². The van der Waals surface area contributed by atoms with E-state index in [0.717, 1.165) is 6.61 Å². The molecule has 0 fully saturated rings. The van der Waals surface area contributed by atoms with E-state index in [9.17, 15) is 0 Å². The van der Waals surface area contributed by atoms with Crippen molar-refractivity contribution in [2.24, 2.45) is 0 Å². The van der Waals surface area contributed by atoms with Crippen molar-refractivity contribution in [2.75, 3.05) is 13.7 Å². The van der Waals surface area contributed by atoms with Crippen molar-refractivity contribution in [3.63, 3.8) is 0 Å². The monoisotopic (exact) mass is 422 g/mol. The van der Waals surface area contributed by atoms with E-state index in [0.29, 0.717) is 0 Å². The van der Waals surface area contributed by atoms with Crippen LogP contribution in [0, 0.1) is 0 Å². The average Bonchev–Trinajstić information content (AvgIpc) is 2.76. The van der Waals surface area contributed by atoms with Crippen LogP contribution in [-0.4, -0.2) is 13.7 Å². The van der Waals surface area contributed by atoms with E-state index in [-0.39, 0.29) is 0 Å². The normalized spacial score (nSPS) is 11.3. The molecule has 0 saturated carbocycles. The van der Waals surface area contributed by atoms with Crippen LogP contribution < -0.4 is 0 Å². The Morgan fingerprint density at radius 1 is 0.433 bits per heavy atom. The van der Waals surface area contributed by atoms with Crippen LogP contribution in [0.1, 0.15) is 149 Å². The molecule has 180 valence electrons. The van der Waals surface area contributed by atoms with Gasteiger partial charge in [-0.05, 0) is 44.9 Å². The molecule has 0 aromatic rings. The Hall–Kier alpha value is -0.560. The number of methoxy groups -OCH3 is 1. The van der Waals surface area contributed by atoms with E-state index < -0.39 is 0 Å². The summed E-state index contributed by atoms with van der Waals surface area (Å²) in [6, 6.07) is 0. The van der Waals surface area contributed by atoms with Gasteiger partial charge in [-0.3, -0.25) is 0 Å². The van der Waals surface area contributed by atoms with Gasteiger partial charge in [0.15, 0.2) is 0 Å². The van der Waals surface area contributed by atoms with Gasteiger partial charge in [0.2, 0.25) is 0 Å². The van der Waals surface area contributed by atoms with E-state index >= 15 is 0 Å². The van der Waals surface area contributed by atoms with Crippen molar-refractivity contribution in [1.29, 1.82) is 0 Å². The zero-order valence-corrected chi connectivity index (χ0v) is 21.6. The van der Waals surface area contributed by atoms with Crippen molar-refractivity contribution >= 4 is 0 Å². The third kappa shape index (κ3) is 34.9. The Bertz CT molecular complexity index is 286. The quantitative estimate of drug-likeness (QED) is 0.124. The minimum atomic E-state index is 0.932. The van der Waals surface area contributed by atoms with E-state index in [4.69, 9.17) is 4.74 Å². The molecular formula is C29H58O. The molecule has 0 aliphatic heterocycles. The first-order valence-electron chi connectivity index (χ1n) is 13.6. The summed E-state index contributed by atoms with van der Waals surface area (Å²) in [5.74, 6) is 0. The van der Waals surface area contributed by atoms with Crippen LogP contribution in [0.2, 0.25) is 0 Å². The molecule has 0 heterocycles. The molecule has 0 radical (unpaired) electrons. The molecule has 0 saturated heterocycles. The Kier molecular flexibility index (Phi) is 34.9. The Morgan fingerprint density at radius 2 is 0.800 bits per heavy atom. The van der Waals surface area contributed by atoms with Crippen molar-refractivity contribution in [3.8, 4) is 0 Å². The maximum atomic E-state index is 5.02. The summed E-state index contributed by atoms with van der Waals surface area (Å²) in [5.41, 5.74) is 0. The van der Waals surface area contributed by atoms with Crippen LogP contribution in [-0.2, 0) is 4.74 Å². The van der Waals surface area contributed by atoms with E-state index in [1.54, 1.807) is 7.11 Å². The van der Waals surface area contributed by atoms with Crippen LogP contribution in [0.25, 0.3) is 0 Å². The second-order valence-electron chi connectivity index (χ2n) is 8.63. The summed E-state index contributed by atoms with van der Waals surface area (Å²) in [6.45, 7) is 7.61. The summed E-state index contributed by atoms with van der Waals surface area (Å²) in [6.07, 6.45) is 36.6. The SMILES string of the molecule is CC/C=C\CCCCCCCCCCC.CC/C=C\CCCCCCCCCOC. The lowest BCUT2D eigenvalue weighted by Crippen LogP contribution is -1.88. The fourth-order valence-electron chi connectivity index (χ4n) is 3.53. The minimum absolute atomic E-state index is 0.932. The smallest absolute Gasteiger partial charge is 0.0462 e. The fourth-order valence-corrected chi connectivity index (χ4v) is 3.53. The predicted octanol–water partition coefficient (Wildman–Crippen LogP) is 10.6. The van der Waals surface area contributed by atoms with Crippen LogP contribution >= 0.6 is 0 Å². The fraction of sp³-hybridized carbons (Fsp3) is 0.862. The standard InChI is InChI=1S/C15H30.C14H28O/c1-3-5-7-9-11-13-15-14-12-10-8-6-4-2;1-3-4-5-6-7-8-9-10-11-12-13-14-15-2/h5,7H,3-4,6,8-15H2,1-2H3;4-5H,3,6-14H2,1-2H3/b7-5-;5-4-. The molecule has 30 heavy (non-hydrogen) atoms. The molecular weight excluding hydrogens is 364 g/mol. The summed E-state index contributed by atoms with van der Waals surface area (Å²) < 4.78 is 5.02. The van der Waals surface area contributed by atoms with Crippen LogP contribution in [0.15, 0.2) is 24.3 Å². The highest BCUT2D eigenvalue weighted by Crippen LogP contribution is 2.11. The topological polar surface area (TPSA) is 9.23 Å². The Morgan fingerprint density at radius 3 is 1.17 bits per heavy atom. The number of hydrogen-bond acceptors (Lipinski definition) is 1. The van der Waals surface area contributed by atoms with E-state index in [1.165, 1.54) is 128 Å². The maximum Gasteiger partial charge on any atom is 0.0462 e. The van der Waals surface area contributed by atoms with Crippen molar-refractivity contribution < 1.29 is 4.74 Å². The molecule has 0 bridgehead atoms. The molecule has 0 amide bonds. The summed E-state index contributed by atoms with van der Waals surface area (Å²) in [4.78, 5) is 0. The number of hydrogen-bond donors (Lipinski definition) is 0. The molecule has 0 aromatic carbocycles. The molecule has 0 aliphatic rings. The molecule has 0 aliphatic carbocycles.